The van der Waals surface area contributed by atoms with Gasteiger partial charge >= 0.3 is 0 Å². The summed E-state index contributed by atoms with van der Waals surface area (Å²) >= 11 is 0. The van der Waals surface area contributed by atoms with E-state index in [1.165, 1.54) is 12.8 Å². The molecule has 0 spiro atoms. The van der Waals surface area contributed by atoms with Crippen LogP contribution in [0.2, 0.25) is 0 Å². The lowest BCUT2D eigenvalue weighted by atomic mass is 9.54. The number of hydrogen-bond donors (Lipinski definition) is 2. The fourth-order valence-electron chi connectivity index (χ4n) is 3.13. The second-order valence-electron chi connectivity index (χ2n) is 7.29. The van der Waals surface area contributed by atoms with Gasteiger partial charge in [0, 0.05) is 24.0 Å². The molecule has 2 aliphatic carbocycles. The van der Waals surface area contributed by atoms with Gasteiger partial charge in [-0.3, -0.25) is 4.79 Å². The van der Waals surface area contributed by atoms with E-state index >= 15 is 0 Å². The minimum absolute atomic E-state index is 0.0228. The molecule has 0 bridgehead atoms. The van der Waals surface area contributed by atoms with Crippen LogP contribution in [0, 0.1) is 11.3 Å². The van der Waals surface area contributed by atoms with Gasteiger partial charge in [0.25, 0.3) is 0 Å². The minimum Gasteiger partial charge on any atom is -0.378 e. The number of carbonyl (C=O) groups excluding carboxylic acids is 1. The van der Waals surface area contributed by atoms with Crippen LogP contribution in [0.5, 0.6) is 0 Å². The Balaban J connectivity index is 2.03. The molecule has 2 unspecified atom stereocenters. The van der Waals surface area contributed by atoms with Gasteiger partial charge in [0.2, 0.25) is 5.91 Å². The van der Waals surface area contributed by atoms with Crippen molar-refractivity contribution in [2.75, 3.05) is 6.61 Å². The second-order valence-corrected chi connectivity index (χ2v) is 7.29. The van der Waals surface area contributed by atoms with E-state index in [4.69, 9.17) is 10.5 Å². The molecule has 0 aromatic heterocycles. The summed E-state index contributed by atoms with van der Waals surface area (Å²) in [6.07, 6.45) is 3.10. The molecule has 4 nitrogen and oxygen atoms in total. The number of rotatable bonds is 5. The molecule has 19 heavy (non-hydrogen) atoms. The summed E-state index contributed by atoms with van der Waals surface area (Å²) in [4.78, 5) is 12.6. The summed E-state index contributed by atoms with van der Waals surface area (Å²) in [6, 6.07) is 0. The molecular weight excluding hydrogens is 240 g/mol. The zero-order chi connectivity index (χ0) is 14.5. The van der Waals surface area contributed by atoms with Crippen molar-refractivity contribution in [3.63, 3.8) is 0 Å². The molecule has 0 heterocycles. The molecular formula is C15H28N2O2. The first kappa shape index (κ1) is 14.8. The van der Waals surface area contributed by atoms with Crippen molar-refractivity contribution >= 4 is 5.91 Å². The van der Waals surface area contributed by atoms with Crippen LogP contribution < -0.4 is 11.1 Å². The highest BCUT2D eigenvalue weighted by atomic mass is 16.5. The smallest absolute Gasteiger partial charge is 0.241 e. The van der Waals surface area contributed by atoms with Gasteiger partial charge in [0.1, 0.15) is 5.54 Å². The molecule has 2 rings (SSSR count). The van der Waals surface area contributed by atoms with Crippen molar-refractivity contribution in [1.29, 1.82) is 0 Å². The maximum absolute atomic E-state index is 12.6. The Hall–Kier alpha value is -0.610. The summed E-state index contributed by atoms with van der Waals surface area (Å²) < 4.78 is 5.67. The lowest BCUT2D eigenvalue weighted by Gasteiger charge is -2.58. The highest BCUT2D eigenvalue weighted by Crippen LogP contribution is 2.50. The summed E-state index contributed by atoms with van der Waals surface area (Å²) in [7, 11) is 0. The van der Waals surface area contributed by atoms with Gasteiger partial charge in [-0.15, -0.1) is 0 Å². The molecule has 2 fully saturated rings. The van der Waals surface area contributed by atoms with Crippen LogP contribution in [0.3, 0.4) is 0 Å². The quantitative estimate of drug-likeness (QED) is 0.799. The molecule has 1 amide bonds. The Labute approximate surface area is 116 Å². The summed E-state index contributed by atoms with van der Waals surface area (Å²) in [6.45, 7) is 10.9. The van der Waals surface area contributed by atoms with Crippen molar-refractivity contribution in [1.82, 2.24) is 5.32 Å². The van der Waals surface area contributed by atoms with Gasteiger partial charge in [0.05, 0.1) is 6.10 Å². The molecule has 2 atom stereocenters. The lowest BCUT2D eigenvalue weighted by Crippen LogP contribution is -2.77. The maximum atomic E-state index is 12.6. The number of carbonyl (C=O) groups is 1. The van der Waals surface area contributed by atoms with Crippen LogP contribution in [0.1, 0.15) is 53.9 Å². The van der Waals surface area contributed by atoms with Crippen molar-refractivity contribution < 1.29 is 9.53 Å². The lowest BCUT2D eigenvalue weighted by molar-refractivity contribution is -0.172. The molecule has 2 saturated carbocycles. The van der Waals surface area contributed by atoms with Crippen LogP contribution in [0.25, 0.3) is 0 Å². The monoisotopic (exact) mass is 268 g/mol. The first-order valence-electron chi connectivity index (χ1n) is 7.38. The standard InChI is InChI=1S/C15H28N2O2/c1-6-19-11-9-15(16,13(11,2)3)12(18)17-14(4,5)10-7-8-10/h10-11H,6-9,16H2,1-5H3,(H,17,18). The maximum Gasteiger partial charge on any atom is 0.241 e. The second kappa shape index (κ2) is 4.45. The highest BCUT2D eigenvalue weighted by molar-refractivity contribution is 5.89. The van der Waals surface area contributed by atoms with Crippen molar-refractivity contribution in [2.45, 2.75) is 71.1 Å². The van der Waals surface area contributed by atoms with Crippen molar-refractivity contribution in [2.24, 2.45) is 17.1 Å². The Morgan fingerprint density at radius 1 is 1.42 bits per heavy atom. The summed E-state index contributed by atoms with van der Waals surface area (Å²) in [5.41, 5.74) is 5.12. The molecule has 0 saturated heterocycles. The number of amides is 1. The Kier molecular flexibility index (Phi) is 3.47. The van der Waals surface area contributed by atoms with E-state index in [0.29, 0.717) is 18.9 Å². The van der Waals surface area contributed by atoms with Gasteiger partial charge in [-0.1, -0.05) is 13.8 Å². The highest BCUT2D eigenvalue weighted by Gasteiger charge is 2.63. The normalized spacial score (nSPS) is 33.7. The van der Waals surface area contributed by atoms with E-state index < -0.39 is 5.54 Å². The van der Waals surface area contributed by atoms with E-state index in [9.17, 15) is 4.79 Å². The average Bonchev–Trinajstić information content (AvgIpc) is 3.11. The van der Waals surface area contributed by atoms with Gasteiger partial charge < -0.3 is 15.8 Å². The Morgan fingerprint density at radius 2 is 2.00 bits per heavy atom. The number of nitrogens with one attached hydrogen (secondary N) is 1. The minimum atomic E-state index is -0.807. The predicted octanol–water partition coefficient (Wildman–Crippen LogP) is 1.82. The van der Waals surface area contributed by atoms with Gasteiger partial charge in [-0.25, -0.2) is 0 Å². The number of hydrogen-bond acceptors (Lipinski definition) is 3. The molecule has 0 aromatic carbocycles. The van der Waals surface area contributed by atoms with Gasteiger partial charge in [-0.05, 0) is 39.5 Å². The SMILES string of the molecule is CCOC1CC(N)(C(=O)NC(C)(C)C2CC2)C1(C)C. The van der Waals surface area contributed by atoms with E-state index in [0.717, 1.165) is 0 Å². The third-order valence-corrected chi connectivity index (χ3v) is 5.27. The third-order valence-electron chi connectivity index (χ3n) is 5.27. The topological polar surface area (TPSA) is 64.3 Å². The van der Waals surface area contributed by atoms with E-state index in [1.807, 2.05) is 20.8 Å². The van der Waals surface area contributed by atoms with Crippen LogP contribution in [-0.2, 0) is 9.53 Å². The fourth-order valence-corrected chi connectivity index (χ4v) is 3.13. The van der Waals surface area contributed by atoms with Crippen LogP contribution in [0.4, 0.5) is 0 Å². The van der Waals surface area contributed by atoms with Crippen LogP contribution in [0.15, 0.2) is 0 Å². The first-order valence-corrected chi connectivity index (χ1v) is 7.38. The number of ether oxygens (including phenoxy) is 1. The zero-order valence-electron chi connectivity index (χ0n) is 12.9. The van der Waals surface area contributed by atoms with Crippen molar-refractivity contribution in [3.8, 4) is 0 Å². The molecule has 0 aliphatic heterocycles. The first-order chi connectivity index (χ1) is 8.65. The predicted molar refractivity (Wildman–Crippen MR) is 75.7 cm³/mol. The van der Waals surface area contributed by atoms with Gasteiger partial charge in [0.15, 0.2) is 0 Å². The Morgan fingerprint density at radius 3 is 2.42 bits per heavy atom. The van der Waals surface area contributed by atoms with Crippen LogP contribution in [-0.4, -0.2) is 29.7 Å². The average molecular weight is 268 g/mol. The largest absolute Gasteiger partial charge is 0.378 e. The van der Waals surface area contributed by atoms with E-state index in [1.54, 1.807) is 0 Å². The molecule has 2 aliphatic rings. The molecule has 0 aromatic rings. The molecule has 4 heteroatoms. The molecule has 3 N–H and O–H groups in total. The van der Waals surface area contributed by atoms with Crippen molar-refractivity contribution in [3.05, 3.63) is 0 Å². The van der Waals surface area contributed by atoms with Crippen LogP contribution >= 0.6 is 0 Å². The molecule has 110 valence electrons. The third kappa shape index (κ3) is 2.29. The fraction of sp³-hybridized carbons (Fsp3) is 0.933. The van der Waals surface area contributed by atoms with E-state index in [2.05, 4.69) is 19.2 Å². The summed E-state index contributed by atoms with van der Waals surface area (Å²) in [5, 5.41) is 3.16. The zero-order valence-corrected chi connectivity index (χ0v) is 12.9. The number of nitrogens with two attached hydrogens (primary N) is 1. The molecule has 0 radical (unpaired) electrons. The van der Waals surface area contributed by atoms with Gasteiger partial charge in [-0.2, -0.15) is 0 Å². The summed E-state index contributed by atoms with van der Waals surface area (Å²) in [5.74, 6) is 0.580. The Bertz CT molecular complexity index is 374. The van der Waals surface area contributed by atoms with E-state index in [-0.39, 0.29) is 23.0 Å².